The summed E-state index contributed by atoms with van der Waals surface area (Å²) in [5.74, 6) is 0.677. The zero-order chi connectivity index (χ0) is 22.4. The van der Waals surface area contributed by atoms with Crippen LogP contribution in [0.1, 0.15) is 49.7 Å². The Balaban J connectivity index is 1.62. The average molecular weight is 438 g/mol. The smallest absolute Gasteiger partial charge is 0.243 e. The first-order chi connectivity index (χ1) is 15.6. The molecule has 1 saturated carbocycles. The highest BCUT2D eigenvalue weighted by Gasteiger charge is 2.50. The summed E-state index contributed by atoms with van der Waals surface area (Å²) in [6.45, 7) is 2.97. The fourth-order valence-corrected chi connectivity index (χ4v) is 4.66. The maximum Gasteiger partial charge on any atom is 0.243 e. The molecule has 3 N–H and O–H groups in total. The quantitative estimate of drug-likeness (QED) is 0.577. The van der Waals surface area contributed by atoms with Crippen LogP contribution in [0.5, 0.6) is 5.75 Å². The third-order valence-corrected chi connectivity index (χ3v) is 6.45. The minimum atomic E-state index is -0.516. The number of amides is 2. The molecule has 32 heavy (non-hydrogen) atoms. The molecule has 2 bridgehead atoms. The molecule has 1 aromatic carbocycles. The molecule has 170 valence electrons. The van der Waals surface area contributed by atoms with E-state index in [-0.39, 0.29) is 23.7 Å². The lowest BCUT2D eigenvalue weighted by Crippen LogP contribution is -2.42. The van der Waals surface area contributed by atoms with Crippen molar-refractivity contribution in [1.82, 2.24) is 16.0 Å². The second-order valence-corrected chi connectivity index (χ2v) is 8.70. The van der Waals surface area contributed by atoms with E-state index < -0.39 is 5.41 Å². The van der Waals surface area contributed by atoms with Gasteiger partial charge in [-0.2, -0.15) is 0 Å². The van der Waals surface area contributed by atoms with E-state index >= 15 is 0 Å². The van der Waals surface area contributed by atoms with Crippen molar-refractivity contribution in [2.75, 3.05) is 26.2 Å². The van der Waals surface area contributed by atoms with Gasteiger partial charge in [0.05, 0.1) is 5.41 Å². The lowest BCUT2D eigenvalue weighted by molar-refractivity contribution is -0.123. The molecule has 1 fully saturated rings. The number of fused-ring (bicyclic) bond motifs is 1. The molecule has 2 aliphatic heterocycles. The van der Waals surface area contributed by atoms with Gasteiger partial charge in [-0.1, -0.05) is 12.1 Å². The molecule has 1 aliphatic carbocycles. The standard InChI is InChI=1S/C25H31N3O4/c29-19-8-10-25-11-9-24(31)27-14-2-1-12-26-13-3-15-28-23(30)7-5-18-4-6-21(20(25)16-18)32-22(25)17-19/h4-7,9,11,16,22,26H,1-3,8,10,12-15,17H2,(H,27,31)(H,28,30)/t22-,25-/m1/s1. The lowest BCUT2D eigenvalue weighted by Gasteiger charge is -2.35. The highest BCUT2D eigenvalue weighted by molar-refractivity contribution is 5.92. The number of ketones is 1. The Kier molecular flexibility index (Phi) is 7.05. The number of hydrogen-bond donors (Lipinski definition) is 3. The van der Waals surface area contributed by atoms with Crippen LogP contribution in [0.25, 0.3) is 6.08 Å². The first-order valence-electron chi connectivity index (χ1n) is 11.5. The Labute approximate surface area is 188 Å². The Morgan fingerprint density at radius 3 is 2.50 bits per heavy atom. The molecule has 1 spiro atoms. The second-order valence-electron chi connectivity index (χ2n) is 8.70. The van der Waals surface area contributed by atoms with Crippen molar-refractivity contribution >= 4 is 23.7 Å². The van der Waals surface area contributed by atoms with Crippen molar-refractivity contribution in [3.8, 4) is 5.75 Å². The van der Waals surface area contributed by atoms with Gasteiger partial charge in [0.1, 0.15) is 17.6 Å². The summed E-state index contributed by atoms with van der Waals surface area (Å²) in [5, 5.41) is 9.23. The number of benzene rings is 1. The van der Waals surface area contributed by atoms with Crippen molar-refractivity contribution in [1.29, 1.82) is 0 Å². The Morgan fingerprint density at radius 1 is 0.875 bits per heavy atom. The molecule has 2 amide bonds. The van der Waals surface area contributed by atoms with Crippen LogP contribution >= 0.6 is 0 Å². The second kappa shape index (κ2) is 10.1. The van der Waals surface area contributed by atoms with Crippen LogP contribution < -0.4 is 20.7 Å². The predicted molar refractivity (Wildman–Crippen MR) is 122 cm³/mol. The summed E-state index contributed by atoms with van der Waals surface area (Å²) < 4.78 is 6.16. The summed E-state index contributed by atoms with van der Waals surface area (Å²) in [5.41, 5.74) is 1.34. The van der Waals surface area contributed by atoms with E-state index in [4.69, 9.17) is 4.74 Å². The highest BCUT2D eigenvalue weighted by atomic mass is 16.5. The Bertz CT molecular complexity index is 939. The van der Waals surface area contributed by atoms with Crippen molar-refractivity contribution in [3.05, 3.63) is 47.6 Å². The van der Waals surface area contributed by atoms with Crippen LogP contribution in [-0.2, 0) is 19.8 Å². The molecule has 4 rings (SSSR count). The Morgan fingerprint density at radius 2 is 1.62 bits per heavy atom. The number of Topliss-reactive ketones (excluding diaryl/α,β-unsaturated/α-hetero) is 1. The fourth-order valence-electron chi connectivity index (χ4n) is 4.66. The molecule has 0 aromatic heterocycles. The van der Waals surface area contributed by atoms with Crippen LogP contribution in [0.15, 0.2) is 36.4 Å². The van der Waals surface area contributed by atoms with Gasteiger partial charge in [-0.3, -0.25) is 14.4 Å². The molecule has 0 unspecified atom stereocenters. The maximum atomic E-state index is 12.5. The zero-order valence-corrected chi connectivity index (χ0v) is 18.3. The van der Waals surface area contributed by atoms with E-state index in [9.17, 15) is 14.4 Å². The topological polar surface area (TPSA) is 96.5 Å². The SMILES string of the molecule is O=C1CC[C@@]23C=CC(=O)NCCCCNCCCNC(=O)C=Cc4ccc(c2c4)O[C@@H]3C1. The number of carbonyl (C=O) groups excluding carboxylic acids is 3. The van der Waals surface area contributed by atoms with Crippen molar-refractivity contribution in [3.63, 3.8) is 0 Å². The van der Waals surface area contributed by atoms with Crippen LogP contribution in [0.4, 0.5) is 0 Å². The predicted octanol–water partition coefficient (Wildman–Crippen LogP) is 2.01. The minimum Gasteiger partial charge on any atom is -0.488 e. The molecule has 3 aliphatic rings. The van der Waals surface area contributed by atoms with Gasteiger partial charge < -0.3 is 20.7 Å². The number of hydrogen-bond acceptors (Lipinski definition) is 5. The van der Waals surface area contributed by atoms with Gasteiger partial charge >= 0.3 is 0 Å². The normalized spacial score (nSPS) is 27.1. The summed E-state index contributed by atoms with van der Waals surface area (Å²) in [4.78, 5) is 36.8. The van der Waals surface area contributed by atoms with Gasteiger partial charge in [0, 0.05) is 37.6 Å². The van der Waals surface area contributed by atoms with E-state index in [2.05, 4.69) is 16.0 Å². The van der Waals surface area contributed by atoms with Crippen LogP contribution in [0.3, 0.4) is 0 Å². The molecular weight excluding hydrogens is 406 g/mol. The van der Waals surface area contributed by atoms with E-state index in [1.165, 1.54) is 0 Å². The van der Waals surface area contributed by atoms with Crippen LogP contribution in [-0.4, -0.2) is 49.9 Å². The van der Waals surface area contributed by atoms with Crippen molar-refractivity contribution in [2.24, 2.45) is 0 Å². The average Bonchev–Trinajstić information content (AvgIpc) is 3.10. The van der Waals surface area contributed by atoms with Crippen LogP contribution in [0.2, 0.25) is 0 Å². The van der Waals surface area contributed by atoms with E-state index in [0.29, 0.717) is 32.4 Å². The lowest BCUT2D eigenvalue weighted by atomic mass is 9.68. The number of ether oxygens (including phenoxy) is 1. The molecule has 0 saturated heterocycles. The van der Waals surface area contributed by atoms with Gasteiger partial charge in [0.2, 0.25) is 11.8 Å². The number of rotatable bonds is 0. The zero-order valence-electron chi connectivity index (χ0n) is 18.3. The third-order valence-electron chi connectivity index (χ3n) is 6.45. The van der Waals surface area contributed by atoms with E-state index in [1.54, 1.807) is 18.2 Å². The summed E-state index contributed by atoms with van der Waals surface area (Å²) in [7, 11) is 0. The summed E-state index contributed by atoms with van der Waals surface area (Å²) in [6, 6.07) is 5.81. The molecule has 1 aromatic rings. The van der Waals surface area contributed by atoms with Gasteiger partial charge in [-0.25, -0.2) is 0 Å². The molecule has 0 radical (unpaired) electrons. The Hall–Kier alpha value is -2.93. The summed E-state index contributed by atoms with van der Waals surface area (Å²) >= 11 is 0. The molecule has 2 heterocycles. The van der Waals surface area contributed by atoms with Gasteiger partial charge in [-0.05, 0) is 68.6 Å². The van der Waals surface area contributed by atoms with Gasteiger partial charge in [0.15, 0.2) is 0 Å². The first-order valence-corrected chi connectivity index (χ1v) is 11.5. The maximum absolute atomic E-state index is 12.5. The highest BCUT2D eigenvalue weighted by Crippen LogP contribution is 2.51. The van der Waals surface area contributed by atoms with Gasteiger partial charge in [-0.15, -0.1) is 0 Å². The number of nitrogens with one attached hydrogen (secondary N) is 3. The van der Waals surface area contributed by atoms with Crippen molar-refractivity contribution in [2.45, 2.75) is 50.0 Å². The molecule has 7 heteroatoms. The van der Waals surface area contributed by atoms with E-state index in [1.807, 2.05) is 24.3 Å². The minimum absolute atomic E-state index is 0.122. The van der Waals surface area contributed by atoms with Crippen LogP contribution in [0, 0.1) is 0 Å². The molecule has 7 nitrogen and oxygen atoms in total. The fraction of sp³-hybridized carbons (Fsp3) is 0.480. The molecular formula is C25H31N3O4. The van der Waals surface area contributed by atoms with Crippen molar-refractivity contribution < 1.29 is 19.1 Å². The van der Waals surface area contributed by atoms with E-state index in [0.717, 1.165) is 49.2 Å². The van der Waals surface area contributed by atoms with Gasteiger partial charge in [0.25, 0.3) is 0 Å². The monoisotopic (exact) mass is 437 g/mol. The third kappa shape index (κ3) is 5.10. The molecule has 2 atom stereocenters. The number of carbonyl (C=O) groups is 3. The summed E-state index contributed by atoms with van der Waals surface area (Å²) in [6.07, 6.45) is 10.7. The first kappa shape index (κ1) is 22.3. The largest absolute Gasteiger partial charge is 0.488 e.